The van der Waals surface area contributed by atoms with Crippen LogP contribution in [-0.2, 0) is 16.1 Å². The average Bonchev–Trinajstić information content (AvgIpc) is 3.11. The highest BCUT2D eigenvalue weighted by Crippen LogP contribution is 2.36. The minimum Gasteiger partial charge on any atom is -0.364 e. The molecule has 0 atom stereocenters. The molecule has 3 aromatic rings. The molecule has 6 heteroatoms. The van der Waals surface area contributed by atoms with E-state index in [4.69, 9.17) is 0 Å². The average molecular weight is 456 g/mol. The molecule has 0 unspecified atom stereocenters. The first-order valence-electron chi connectivity index (χ1n) is 11.5. The number of benzene rings is 3. The second kappa shape index (κ2) is 9.23. The van der Waals surface area contributed by atoms with Gasteiger partial charge in [0.1, 0.15) is 11.5 Å². The van der Waals surface area contributed by atoms with E-state index in [1.165, 1.54) is 17.7 Å². The number of para-hydroxylation sites is 1. The van der Waals surface area contributed by atoms with Crippen LogP contribution in [0.3, 0.4) is 0 Å². The number of imide groups is 1. The summed E-state index contributed by atoms with van der Waals surface area (Å²) in [5.74, 6) is -1.55. The van der Waals surface area contributed by atoms with Crippen molar-refractivity contribution in [3.8, 4) is 0 Å². The lowest BCUT2D eigenvalue weighted by Crippen LogP contribution is -2.47. The number of amides is 2. The Bertz CT molecular complexity index is 1250. The Hall–Kier alpha value is -3.77. The van der Waals surface area contributed by atoms with Crippen LogP contribution in [-0.4, -0.2) is 47.8 Å². The summed E-state index contributed by atoms with van der Waals surface area (Å²) in [5.41, 5.74) is 3.65. The van der Waals surface area contributed by atoms with Gasteiger partial charge < -0.3 is 4.90 Å². The molecular formula is C28H26FN3O2. The highest BCUT2D eigenvalue weighted by molar-refractivity contribution is 6.45. The van der Waals surface area contributed by atoms with Crippen molar-refractivity contribution in [3.05, 3.63) is 107 Å². The van der Waals surface area contributed by atoms with E-state index in [2.05, 4.69) is 17.0 Å². The first-order chi connectivity index (χ1) is 16.5. The van der Waals surface area contributed by atoms with Gasteiger partial charge in [0.15, 0.2) is 0 Å². The largest absolute Gasteiger partial charge is 0.364 e. The third-order valence-electron chi connectivity index (χ3n) is 6.43. The summed E-state index contributed by atoms with van der Waals surface area (Å²) in [5, 5.41) is 0. The van der Waals surface area contributed by atoms with Crippen molar-refractivity contribution in [2.24, 2.45) is 0 Å². The molecule has 0 N–H and O–H groups in total. The molecule has 5 rings (SSSR count). The third-order valence-corrected chi connectivity index (χ3v) is 6.43. The van der Waals surface area contributed by atoms with Crippen molar-refractivity contribution in [2.75, 3.05) is 31.1 Å². The number of nitrogens with zero attached hydrogens (tertiary/aromatic N) is 3. The van der Waals surface area contributed by atoms with Crippen molar-refractivity contribution in [1.29, 1.82) is 0 Å². The molecule has 34 heavy (non-hydrogen) atoms. The van der Waals surface area contributed by atoms with Crippen LogP contribution in [0.2, 0.25) is 0 Å². The standard InChI is InChI=1S/C28H26FN3O2/c1-20-11-13-22(14-12-20)25-26(28(34)32(27(25)33)24-10-6-5-9-23(24)29)31-17-15-30(16-18-31)19-21-7-3-2-4-8-21/h2-14H,15-19H2,1H3. The van der Waals surface area contributed by atoms with Crippen molar-refractivity contribution in [1.82, 2.24) is 9.80 Å². The summed E-state index contributed by atoms with van der Waals surface area (Å²) in [7, 11) is 0. The second-order valence-electron chi connectivity index (χ2n) is 8.74. The Kier molecular flexibility index (Phi) is 5.99. The lowest BCUT2D eigenvalue weighted by Gasteiger charge is -2.36. The van der Waals surface area contributed by atoms with Crippen LogP contribution in [0.25, 0.3) is 5.57 Å². The zero-order chi connectivity index (χ0) is 23.7. The lowest BCUT2D eigenvalue weighted by atomic mass is 10.0. The molecule has 5 nitrogen and oxygen atoms in total. The molecule has 2 aliphatic heterocycles. The first kappa shape index (κ1) is 22.0. The normalized spacial score (nSPS) is 17.1. The van der Waals surface area contributed by atoms with Crippen LogP contribution >= 0.6 is 0 Å². The molecule has 0 spiro atoms. The van der Waals surface area contributed by atoms with E-state index in [1.807, 2.05) is 54.3 Å². The third kappa shape index (κ3) is 4.13. The van der Waals surface area contributed by atoms with Gasteiger partial charge in [-0.1, -0.05) is 72.3 Å². The number of anilines is 1. The molecule has 0 saturated carbocycles. The number of carbonyl (C=O) groups excluding carboxylic acids is 2. The van der Waals surface area contributed by atoms with Crippen molar-refractivity contribution in [3.63, 3.8) is 0 Å². The number of hydrogen-bond acceptors (Lipinski definition) is 4. The van der Waals surface area contributed by atoms with E-state index in [9.17, 15) is 14.0 Å². The summed E-state index contributed by atoms with van der Waals surface area (Å²) in [6.45, 7) is 5.57. The monoisotopic (exact) mass is 455 g/mol. The Labute approximate surface area is 198 Å². The van der Waals surface area contributed by atoms with Crippen LogP contribution in [0.5, 0.6) is 0 Å². The van der Waals surface area contributed by atoms with Crippen LogP contribution in [0.1, 0.15) is 16.7 Å². The van der Waals surface area contributed by atoms with Gasteiger partial charge in [0.25, 0.3) is 11.8 Å². The fourth-order valence-electron chi connectivity index (χ4n) is 4.62. The Morgan fingerprint density at radius 1 is 0.765 bits per heavy atom. The van der Waals surface area contributed by atoms with Crippen LogP contribution < -0.4 is 4.90 Å². The summed E-state index contributed by atoms with van der Waals surface area (Å²) in [6, 6.07) is 23.7. The molecule has 2 heterocycles. The highest BCUT2D eigenvalue weighted by atomic mass is 19.1. The maximum atomic E-state index is 14.6. The minimum absolute atomic E-state index is 0.0141. The Morgan fingerprint density at radius 3 is 2.09 bits per heavy atom. The van der Waals surface area contributed by atoms with Gasteiger partial charge in [0.05, 0.1) is 11.3 Å². The van der Waals surface area contributed by atoms with E-state index in [0.29, 0.717) is 29.9 Å². The van der Waals surface area contributed by atoms with Gasteiger partial charge in [-0.05, 0) is 30.2 Å². The highest BCUT2D eigenvalue weighted by Gasteiger charge is 2.43. The molecule has 1 fully saturated rings. The summed E-state index contributed by atoms with van der Waals surface area (Å²) in [6.07, 6.45) is 0. The molecule has 1 saturated heterocycles. The quantitative estimate of drug-likeness (QED) is 0.540. The maximum absolute atomic E-state index is 14.6. The number of carbonyl (C=O) groups is 2. The molecule has 3 aromatic carbocycles. The topological polar surface area (TPSA) is 43.9 Å². The maximum Gasteiger partial charge on any atom is 0.282 e. The zero-order valence-electron chi connectivity index (χ0n) is 19.1. The van der Waals surface area contributed by atoms with Gasteiger partial charge in [-0.15, -0.1) is 0 Å². The van der Waals surface area contributed by atoms with Gasteiger partial charge in [-0.2, -0.15) is 0 Å². The predicted octanol–water partition coefficient (Wildman–Crippen LogP) is 4.24. The van der Waals surface area contributed by atoms with Gasteiger partial charge in [0.2, 0.25) is 0 Å². The molecule has 2 amide bonds. The Balaban J connectivity index is 1.46. The number of piperazine rings is 1. The van der Waals surface area contributed by atoms with Crippen molar-refractivity contribution >= 4 is 23.1 Å². The number of rotatable bonds is 5. The van der Waals surface area contributed by atoms with E-state index < -0.39 is 17.6 Å². The van der Waals surface area contributed by atoms with E-state index in [0.717, 1.165) is 30.1 Å². The summed E-state index contributed by atoms with van der Waals surface area (Å²) >= 11 is 0. The van der Waals surface area contributed by atoms with E-state index in [1.54, 1.807) is 12.1 Å². The van der Waals surface area contributed by atoms with Crippen LogP contribution in [0.4, 0.5) is 10.1 Å². The van der Waals surface area contributed by atoms with Gasteiger partial charge in [-0.3, -0.25) is 14.5 Å². The van der Waals surface area contributed by atoms with Gasteiger partial charge >= 0.3 is 0 Å². The predicted molar refractivity (Wildman–Crippen MR) is 130 cm³/mol. The fraction of sp³-hybridized carbons (Fsp3) is 0.214. The van der Waals surface area contributed by atoms with Crippen LogP contribution in [0, 0.1) is 12.7 Å². The molecule has 0 bridgehead atoms. The van der Waals surface area contributed by atoms with Gasteiger partial charge in [-0.25, -0.2) is 9.29 Å². The lowest BCUT2D eigenvalue weighted by molar-refractivity contribution is -0.120. The molecule has 0 radical (unpaired) electrons. The summed E-state index contributed by atoms with van der Waals surface area (Å²) in [4.78, 5) is 32.5. The molecular weight excluding hydrogens is 429 g/mol. The van der Waals surface area contributed by atoms with Crippen molar-refractivity contribution in [2.45, 2.75) is 13.5 Å². The summed E-state index contributed by atoms with van der Waals surface area (Å²) < 4.78 is 14.6. The van der Waals surface area contributed by atoms with Gasteiger partial charge in [0, 0.05) is 32.7 Å². The molecule has 172 valence electrons. The number of aryl methyl sites for hydroxylation is 1. The fourth-order valence-corrected chi connectivity index (χ4v) is 4.62. The number of halogens is 1. The van der Waals surface area contributed by atoms with E-state index in [-0.39, 0.29) is 5.69 Å². The molecule has 2 aliphatic rings. The van der Waals surface area contributed by atoms with Crippen LogP contribution in [0.15, 0.2) is 84.6 Å². The minimum atomic E-state index is -0.596. The zero-order valence-corrected chi connectivity index (χ0v) is 19.1. The SMILES string of the molecule is Cc1ccc(C2=C(N3CCN(Cc4ccccc4)CC3)C(=O)N(c3ccccc3F)C2=O)cc1. The second-order valence-corrected chi connectivity index (χ2v) is 8.74. The number of hydrogen-bond donors (Lipinski definition) is 0. The molecule has 0 aromatic heterocycles. The van der Waals surface area contributed by atoms with E-state index >= 15 is 0 Å². The van der Waals surface area contributed by atoms with Crippen molar-refractivity contribution < 1.29 is 14.0 Å². The first-order valence-corrected chi connectivity index (χ1v) is 11.5. The Morgan fingerprint density at radius 2 is 1.41 bits per heavy atom. The smallest absolute Gasteiger partial charge is 0.282 e. The molecule has 0 aliphatic carbocycles.